The Morgan fingerprint density at radius 1 is 1.00 bits per heavy atom. The third kappa shape index (κ3) is 3.03. The number of halogens is 3. The molecule has 8 heteroatoms. The molecule has 3 aromatic rings. The van der Waals surface area contributed by atoms with E-state index in [9.17, 15) is 17.2 Å². The van der Waals surface area contributed by atoms with Crippen LogP contribution in [0.2, 0.25) is 0 Å². The van der Waals surface area contributed by atoms with E-state index in [0.29, 0.717) is 23.6 Å². The molecule has 0 saturated heterocycles. The summed E-state index contributed by atoms with van der Waals surface area (Å²) >= 11 is 0. The minimum atomic E-state index is -4.02. The molecule has 25 heavy (non-hydrogen) atoms. The van der Waals surface area contributed by atoms with Crippen molar-refractivity contribution in [2.75, 3.05) is 6.54 Å². The standard InChI is InChI=1S/C17H13F2NO3S.ClH/c18-10-5-11(19)7-13(6-10)24(21,22)12-1-2-16-14(8-12)15-9-20-4-3-17(15)23-16;/h1-2,5-8,20H,3-4,9H2;1H. The van der Waals surface area contributed by atoms with Crippen LogP contribution in [0.3, 0.4) is 0 Å². The molecule has 0 aliphatic carbocycles. The summed E-state index contributed by atoms with van der Waals surface area (Å²) in [6.07, 6.45) is 0.737. The van der Waals surface area contributed by atoms with Gasteiger partial charge in [-0.25, -0.2) is 17.2 Å². The Morgan fingerprint density at radius 2 is 1.72 bits per heavy atom. The van der Waals surface area contributed by atoms with Crippen molar-refractivity contribution in [2.24, 2.45) is 0 Å². The van der Waals surface area contributed by atoms with Gasteiger partial charge in [0.15, 0.2) is 0 Å². The Kier molecular flexibility index (Phi) is 4.57. The van der Waals surface area contributed by atoms with Crippen LogP contribution in [0.4, 0.5) is 8.78 Å². The SMILES string of the molecule is Cl.O=S(=O)(c1cc(F)cc(F)c1)c1ccc2oc3c(c2c1)CNCC3. The normalized spacial score (nSPS) is 14.2. The van der Waals surface area contributed by atoms with Crippen molar-refractivity contribution in [2.45, 2.75) is 22.8 Å². The van der Waals surface area contributed by atoms with Gasteiger partial charge in [-0.3, -0.25) is 0 Å². The molecule has 2 heterocycles. The van der Waals surface area contributed by atoms with Crippen LogP contribution in [0.1, 0.15) is 11.3 Å². The smallest absolute Gasteiger partial charge is 0.206 e. The summed E-state index contributed by atoms with van der Waals surface area (Å²) in [6.45, 7) is 1.40. The van der Waals surface area contributed by atoms with Crippen molar-refractivity contribution in [3.8, 4) is 0 Å². The van der Waals surface area contributed by atoms with Gasteiger partial charge in [0.1, 0.15) is 23.0 Å². The van der Waals surface area contributed by atoms with E-state index in [1.54, 1.807) is 6.07 Å². The maximum atomic E-state index is 13.4. The van der Waals surface area contributed by atoms with Gasteiger partial charge in [-0.2, -0.15) is 0 Å². The fraction of sp³-hybridized carbons (Fsp3) is 0.176. The van der Waals surface area contributed by atoms with Gasteiger partial charge in [-0.1, -0.05) is 0 Å². The number of sulfone groups is 1. The van der Waals surface area contributed by atoms with Gasteiger partial charge in [-0.15, -0.1) is 12.4 Å². The first kappa shape index (κ1) is 17.8. The van der Waals surface area contributed by atoms with Gasteiger partial charge >= 0.3 is 0 Å². The first-order valence-corrected chi connectivity index (χ1v) is 8.90. The van der Waals surface area contributed by atoms with Crippen molar-refractivity contribution >= 4 is 33.2 Å². The molecule has 1 aliphatic rings. The van der Waals surface area contributed by atoms with Crippen molar-refractivity contribution in [3.63, 3.8) is 0 Å². The van der Waals surface area contributed by atoms with Gasteiger partial charge in [0.05, 0.1) is 9.79 Å². The third-order valence-corrected chi connectivity index (χ3v) is 5.86. The molecule has 2 aromatic carbocycles. The fourth-order valence-electron chi connectivity index (χ4n) is 2.98. The number of fused-ring (bicyclic) bond motifs is 3. The minimum Gasteiger partial charge on any atom is -0.461 e. The predicted molar refractivity (Wildman–Crippen MR) is 90.7 cm³/mol. The number of nitrogens with one attached hydrogen (secondary N) is 1. The number of hydrogen-bond acceptors (Lipinski definition) is 4. The fourth-order valence-corrected chi connectivity index (χ4v) is 4.30. The van der Waals surface area contributed by atoms with Gasteiger partial charge in [0.25, 0.3) is 0 Å². The molecule has 0 fully saturated rings. The number of hydrogen-bond donors (Lipinski definition) is 1. The topological polar surface area (TPSA) is 59.3 Å². The lowest BCUT2D eigenvalue weighted by Crippen LogP contribution is -2.22. The number of benzene rings is 2. The third-order valence-electron chi connectivity index (χ3n) is 4.13. The van der Waals surface area contributed by atoms with Gasteiger partial charge in [0.2, 0.25) is 9.84 Å². The molecule has 132 valence electrons. The zero-order valence-electron chi connectivity index (χ0n) is 12.9. The van der Waals surface area contributed by atoms with Gasteiger partial charge < -0.3 is 9.73 Å². The zero-order chi connectivity index (χ0) is 16.9. The van der Waals surface area contributed by atoms with Crippen LogP contribution < -0.4 is 5.32 Å². The summed E-state index contributed by atoms with van der Waals surface area (Å²) in [4.78, 5) is -0.427. The highest BCUT2D eigenvalue weighted by Gasteiger charge is 2.23. The van der Waals surface area contributed by atoms with E-state index in [-0.39, 0.29) is 17.3 Å². The highest BCUT2D eigenvalue weighted by molar-refractivity contribution is 7.91. The van der Waals surface area contributed by atoms with Crippen molar-refractivity contribution < 1.29 is 21.6 Å². The first-order valence-electron chi connectivity index (χ1n) is 7.41. The molecule has 4 nitrogen and oxygen atoms in total. The second-order valence-electron chi connectivity index (χ2n) is 5.70. The van der Waals surface area contributed by atoms with E-state index >= 15 is 0 Å². The molecular weight excluding hydrogens is 372 g/mol. The molecule has 4 rings (SSSR count). The molecule has 1 aromatic heterocycles. The van der Waals surface area contributed by atoms with E-state index in [2.05, 4.69) is 5.32 Å². The van der Waals surface area contributed by atoms with E-state index in [1.807, 2.05) is 0 Å². The molecule has 0 unspecified atom stereocenters. The average Bonchev–Trinajstić information content (AvgIpc) is 2.91. The summed E-state index contributed by atoms with van der Waals surface area (Å²) in [5.74, 6) is -1.02. The van der Waals surface area contributed by atoms with Gasteiger partial charge in [-0.05, 0) is 30.3 Å². The Bertz CT molecular complexity index is 1040. The zero-order valence-corrected chi connectivity index (χ0v) is 14.5. The van der Waals surface area contributed by atoms with Crippen LogP contribution in [-0.2, 0) is 22.8 Å². The molecule has 0 radical (unpaired) electrons. The summed E-state index contributed by atoms with van der Waals surface area (Å²) in [7, 11) is -4.02. The molecule has 0 saturated carbocycles. The predicted octanol–water partition coefficient (Wildman–Crippen LogP) is 3.61. The van der Waals surface area contributed by atoms with Crippen LogP contribution in [0, 0.1) is 11.6 Å². The highest BCUT2D eigenvalue weighted by atomic mass is 35.5. The number of rotatable bonds is 2. The summed E-state index contributed by atoms with van der Waals surface area (Å²) in [6, 6.07) is 6.74. The quantitative estimate of drug-likeness (QED) is 0.732. The van der Waals surface area contributed by atoms with E-state index < -0.39 is 26.4 Å². The monoisotopic (exact) mass is 385 g/mol. The van der Waals surface area contributed by atoms with Crippen molar-refractivity contribution in [1.29, 1.82) is 0 Å². The van der Waals surface area contributed by atoms with Crippen molar-refractivity contribution in [1.82, 2.24) is 5.32 Å². The summed E-state index contributed by atoms with van der Waals surface area (Å²) in [5.41, 5.74) is 1.53. The van der Waals surface area contributed by atoms with Crippen LogP contribution >= 0.6 is 12.4 Å². The lowest BCUT2D eigenvalue weighted by atomic mass is 10.1. The first-order chi connectivity index (χ1) is 11.4. The molecule has 0 spiro atoms. The highest BCUT2D eigenvalue weighted by Crippen LogP contribution is 2.32. The minimum absolute atomic E-state index is 0. The second-order valence-corrected chi connectivity index (χ2v) is 7.65. The molecule has 1 aliphatic heterocycles. The molecule has 1 N–H and O–H groups in total. The Hall–Kier alpha value is -1.96. The average molecular weight is 386 g/mol. The summed E-state index contributed by atoms with van der Waals surface area (Å²) < 4.78 is 57.9. The second kappa shape index (κ2) is 6.40. The molecule has 0 amide bonds. The van der Waals surface area contributed by atoms with Crippen LogP contribution in [0.25, 0.3) is 11.0 Å². The Morgan fingerprint density at radius 3 is 2.44 bits per heavy atom. The van der Waals surface area contributed by atoms with Crippen LogP contribution in [0.15, 0.2) is 50.6 Å². The Balaban J connectivity index is 0.00000182. The van der Waals surface area contributed by atoms with Gasteiger partial charge in [0, 0.05) is 36.5 Å². The van der Waals surface area contributed by atoms with E-state index in [1.165, 1.54) is 12.1 Å². The lowest BCUT2D eigenvalue weighted by Gasteiger charge is -2.11. The lowest BCUT2D eigenvalue weighted by molar-refractivity contribution is 0.500. The Labute approximate surface area is 149 Å². The van der Waals surface area contributed by atoms with E-state index in [0.717, 1.165) is 36.4 Å². The maximum absolute atomic E-state index is 13.4. The van der Waals surface area contributed by atoms with Crippen molar-refractivity contribution in [3.05, 3.63) is 59.4 Å². The molecule has 0 atom stereocenters. The van der Waals surface area contributed by atoms with Crippen LogP contribution in [0.5, 0.6) is 0 Å². The van der Waals surface area contributed by atoms with E-state index in [4.69, 9.17) is 4.42 Å². The summed E-state index contributed by atoms with van der Waals surface area (Å²) in [5, 5.41) is 3.92. The molecular formula is C17H14ClF2NO3S. The largest absolute Gasteiger partial charge is 0.461 e. The molecule has 0 bridgehead atoms. The maximum Gasteiger partial charge on any atom is 0.206 e. The number of furan rings is 1. The van der Waals surface area contributed by atoms with Crippen LogP contribution in [-0.4, -0.2) is 15.0 Å².